The minimum Gasteiger partial charge on any atom is -0.377 e. The molecule has 0 radical (unpaired) electrons. The number of nitrogens with one attached hydrogen (secondary N) is 1. The van der Waals surface area contributed by atoms with Gasteiger partial charge in [-0.25, -0.2) is 0 Å². The SMILES string of the molecule is CC(C)(C#N)CCNCCOC1CCCC1. The first kappa shape index (κ1) is 13.5. The predicted octanol–water partition coefficient (Wildman–Crippen LogP) is 2.48. The molecule has 0 heterocycles. The van der Waals surface area contributed by atoms with Crippen molar-refractivity contribution >= 4 is 0 Å². The van der Waals surface area contributed by atoms with Crippen molar-refractivity contribution in [2.24, 2.45) is 5.41 Å². The van der Waals surface area contributed by atoms with Gasteiger partial charge in [0.25, 0.3) is 0 Å². The third-order valence-electron chi connectivity index (χ3n) is 3.16. The lowest BCUT2D eigenvalue weighted by atomic mass is 9.92. The van der Waals surface area contributed by atoms with Crippen LogP contribution in [0.1, 0.15) is 46.0 Å². The predicted molar refractivity (Wildman–Crippen MR) is 65.1 cm³/mol. The highest BCUT2D eigenvalue weighted by atomic mass is 16.5. The lowest BCUT2D eigenvalue weighted by Crippen LogP contribution is -2.26. The number of ether oxygens (including phenoxy) is 1. The summed E-state index contributed by atoms with van der Waals surface area (Å²) < 4.78 is 5.73. The maximum Gasteiger partial charge on any atom is 0.0684 e. The van der Waals surface area contributed by atoms with E-state index in [2.05, 4.69) is 11.4 Å². The Morgan fingerprint density at radius 1 is 1.31 bits per heavy atom. The van der Waals surface area contributed by atoms with Crippen LogP contribution in [0.3, 0.4) is 0 Å². The van der Waals surface area contributed by atoms with Gasteiger partial charge in [0.1, 0.15) is 0 Å². The molecule has 0 amide bonds. The molecule has 0 aromatic heterocycles. The summed E-state index contributed by atoms with van der Waals surface area (Å²) in [6, 6.07) is 2.31. The molecule has 1 fully saturated rings. The molecule has 0 saturated heterocycles. The molecule has 92 valence electrons. The van der Waals surface area contributed by atoms with Crippen LogP contribution in [0.25, 0.3) is 0 Å². The van der Waals surface area contributed by atoms with Gasteiger partial charge in [-0.3, -0.25) is 0 Å². The van der Waals surface area contributed by atoms with Gasteiger partial charge in [0.05, 0.1) is 24.2 Å². The van der Waals surface area contributed by atoms with Crippen LogP contribution in [0, 0.1) is 16.7 Å². The van der Waals surface area contributed by atoms with Crippen LogP contribution in [0.2, 0.25) is 0 Å². The second-order valence-electron chi connectivity index (χ2n) is 5.27. The molecule has 0 aromatic rings. The molecule has 16 heavy (non-hydrogen) atoms. The first-order valence-corrected chi connectivity index (χ1v) is 6.38. The van der Waals surface area contributed by atoms with Crippen LogP contribution in [0.15, 0.2) is 0 Å². The fraction of sp³-hybridized carbons (Fsp3) is 0.923. The van der Waals surface area contributed by atoms with Crippen molar-refractivity contribution in [1.29, 1.82) is 5.26 Å². The Bertz CT molecular complexity index is 227. The Morgan fingerprint density at radius 3 is 2.62 bits per heavy atom. The lowest BCUT2D eigenvalue weighted by Gasteiger charge is -2.15. The molecule has 0 bridgehead atoms. The van der Waals surface area contributed by atoms with Gasteiger partial charge in [0.15, 0.2) is 0 Å². The summed E-state index contributed by atoms with van der Waals surface area (Å²) in [4.78, 5) is 0. The molecule has 0 spiro atoms. The van der Waals surface area contributed by atoms with Crippen molar-refractivity contribution in [3.05, 3.63) is 0 Å². The maximum atomic E-state index is 8.84. The van der Waals surface area contributed by atoms with Gasteiger partial charge in [-0.1, -0.05) is 12.8 Å². The van der Waals surface area contributed by atoms with Crippen LogP contribution in [0.5, 0.6) is 0 Å². The smallest absolute Gasteiger partial charge is 0.0684 e. The molecule has 3 nitrogen and oxygen atoms in total. The van der Waals surface area contributed by atoms with Gasteiger partial charge in [-0.15, -0.1) is 0 Å². The molecular formula is C13H24N2O. The highest BCUT2D eigenvalue weighted by Crippen LogP contribution is 2.20. The van der Waals surface area contributed by atoms with Gasteiger partial charge in [-0.2, -0.15) is 5.26 Å². The number of nitriles is 1. The summed E-state index contributed by atoms with van der Waals surface area (Å²) in [6.45, 7) is 6.55. The van der Waals surface area contributed by atoms with E-state index < -0.39 is 0 Å². The number of hydrogen-bond acceptors (Lipinski definition) is 3. The number of hydrogen-bond donors (Lipinski definition) is 1. The zero-order chi connectivity index (χ0) is 11.9. The first-order valence-electron chi connectivity index (χ1n) is 6.38. The Kier molecular flexibility index (Phi) is 5.79. The molecule has 3 heteroatoms. The highest BCUT2D eigenvalue weighted by Gasteiger charge is 2.16. The van der Waals surface area contributed by atoms with E-state index in [4.69, 9.17) is 10.00 Å². The van der Waals surface area contributed by atoms with E-state index in [0.29, 0.717) is 6.10 Å². The summed E-state index contributed by atoms with van der Waals surface area (Å²) in [5, 5.41) is 12.2. The Balaban J connectivity index is 1.90. The van der Waals surface area contributed by atoms with Crippen LogP contribution < -0.4 is 5.32 Å². The third-order valence-corrected chi connectivity index (χ3v) is 3.16. The van der Waals surface area contributed by atoms with Crippen molar-refractivity contribution in [2.75, 3.05) is 19.7 Å². The third kappa shape index (κ3) is 5.48. The van der Waals surface area contributed by atoms with Crippen LogP contribution in [-0.2, 0) is 4.74 Å². The summed E-state index contributed by atoms with van der Waals surface area (Å²) in [5.74, 6) is 0. The van der Waals surface area contributed by atoms with E-state index in [9.17, 15) is 0 Å². The van der Waals surface area contributed by atoms with E-state index in [1.54, 1.807) is 0 Å². The summed E-state index contributed by atoms with van der Waals surface area (Å²) in [6.07, 6.45) is 6.54. The average Bonchev–Trinajstić information content (AvgIpc) is 2.76. The van der Waals surface area contributed by atoms with Gasteiger partial charge < -0.3 is 10.1 Å². The minimum absolute atomic E-state index is 0.209. The quantitative estimate of drug-likeness (QED) is 0.676. The minimum atomic E-state index is -0.209. The van der Waals surface area contributed by atoms with Crippen molar-refractivity contribution in [1.82, 2.24) is 5.32 Å². The average molecular weight is 224 g/mol. The van der Waals surface area contributed by atoms with Crippen molar-refractivity contribution in [2.45, 2.75) is 52.1 Å². The summed E-state index contributed by atoms with van der Waals surface area (Å²) in [7, 11) is 0. The molecule has 0 atom stereocenters. The molecule has 1 rings (SSSR count). The van der Waals surface area contributed by atoms with E-state index in [0.717, 1.165) is 26.1 Å². The van der Waals surface area contributed by atoms with Gasteiger partial charge >= 0.3 is 0 Å². The Morgan fingerprint density at radius 2 is 2.00 bits per heavy atom. The summed E-state index contributed by atoms with van der Waals surface area (Å²) in [5.41, 5.74) is -0.209. The van der Waals surface area contributed by atoms with Crippen LogP contribution in [-0.4, -0.2) is 25.8 Å². The van der Waals surface area contributed by atoms with Crippen molar-refractivity contribution in [3.8, 4) is 6.07 Å². The molecular weight excluding hydrogens is 200 g/mol. The first-order chi connectivity index (χ1) is 7.64. The fourth-order valence-corrected chi connectivity index (χ4v) is 1.93. The maximum absolute atomic E-state index is 8.84. The van der Waals surface area contributed by atoms with Crippen LogP contribution in [0.4, 0.5) is 0 Å². The molecule has 1 N–H and O–H groups in total. The lowest BCUT2D eigenvalue weighted by molar-refractivity contribution is 0.0602. The normalized spacial score (nSPS) is 17.6. The van der Waals surface area contributed by atoms with E-state index >= 15 is 0 Å². The number of nitrogens with zero attached hydrogens (tertiary/aromatic N) is 1. The zero-order valence-electron chi connectivity index (χ0n) is 10.6. The molecule has 1 aliphatic carbocycles. The largest absolute Gasteiger partial charge is 0.377 e. The second kappa shape index (κ2) is 6.88. The fourth-order valence-electron chi connectivity index (χ4n) is 1.93. The number of rotatable bonds is 7. The zero-order valence-corrected chi connectivity index (χ0v) is 10.6. The standard InChI is InChI=1S/C13H24N2O/c1-13(2,11-14)7-8-15-9-10-16-12-5-3-4-6-12/h12,15H,3-10H2,1-2H3. The Hall–Kier alpha value is -0.590. The highest BCUT2D eigenvalue weighted by molar-refractivity contribution is 4.91. The second-order valence-corrected chi connectivity index (χ2v) is 5.27. The molecule has 1 aliphatic rings. The topological polar surface area (TPSA) is 45.0 Å². The monoisotopic (exact) mass is 224 g/mol. The van der Waals surface area contributed by atoms with E-state index in [-0.39, 0.29) is 5.41 Å². The van der Waals surface area contributed by atoms with Gasteiger partial charge in [0.2, 0.25) is 0 Å². The van der Waals surface area contributed by atoms with E-state index in [1.807, 2.05) is 13.8 Å². The molecule has 0 aromatic carbocycles. The van der Waals surface area contributed by atoms with E-state index in [1.165, 1.54) is 25.7 Å². The van der Waals surface area contributed by atoms with Gasteiger partial charge in [-0.05, 0) is 39.7 Å². The van der Waals surface area contributed by atoms with Gasteiger partial charge in [0, 0.05) is 6.54 Å². The molecule has 0 unspecified atom stereocenters. The van der Waals surface area contributed by atoms with Crippen LogP contribution >= 0.6 is 0 Å². The van der Waals surface area contributed by atoms with Crippen molar-refractivity contribution < 1.29 is 4.74 Å². The Labute approximate surface area is 99.2 Å². The van der Waals surface area contributed by atoms with Crippen molar-refractivity contribution in [3.63, 3.8) is 0 Å². The molecule has 0 aliphatic heterocycles. The summed E-state index contributed by atoms with van der Waals surface area (Å²) >= 11 is 0. The molecule has 1 saturated carbocycles.